The quantitative estimate of drug-likeness (QED) is 0.751. The molecule has 1 rings (SSSR count). The highest BCUT2D eigenvalue weighted by molar-refractivity contribution is 4.99. The summed E-state index contributed by atoms with van der Waals surface area (Å²) >= 11 is 0. The second-order valence-electron chi connectivity index (χ2n) is 6.80. The summed E-state index contributed by atoms with van der Waals surface area (Å²) in [5.74, 6) is 0.742. The monoisotopic (exact) mass is 212 g/mol. The van der Waals surface area contributed by atoms with Gasteiger partial charge >= 0.3 is 0 Å². The molecular formula is C13H28N2. The fraction of sp³-hybridized carbons (Fsp3) is 1.00. The SMILES string of the molecule is CC(C)CNC1CC(C)(C)NC(C)(C)C1. The van der Waals surface area contributed by atoms with Crippen molar-refractivity contribution < 1.29 is 0 Å². The van der Waals surface area contributed by atoms with Crippen LogP contribution in [-0.2, 0) is 0 Å². The van der Waals surface area contributed by atoms with Crippen LogP contribution in [-0.4, -0.2) is 23.7 Å². The molecule has 15 heavy (non-hydrogen) atoms. The van der Waals surface area contributed by atoms with Gasteiger partial charge in [-0.2, -0.15) is 0 Å². The van der Waals surface area contributed by atoms with Gasteiger partial charge in [-0.3, -0.25) is 0 Å². The van der Waals surface area contributed by atoms with E-state index in [0.717, 1.165) is 12.5 Å². The summed E-state index contributed by atoms with van der Waals surface area (Å²) in [7, 11) is 0. The van der Waals surface area contributed by atoms with Crippen molar-refractivity contribution in [2.24, 2.45) is 5.92 Å². The number of rotatable bonds is 3. The number of hydrogen-bond donors (Lipinski definition) is 2. The van der Waals surface area contributed by atoms with Crippen LogP contribution in [0.5, 0.6) is 0 Å². The molecule has 0 aromatic rings. The summed E-state index contributed by atoms with van der Waals surface area (Å²) in [5, 5.41) is 7.40. The first-order chi connectivity index (χ1) is 6.70. The maximum Gasteiger partial charge on any atom is 0.0144 e. The number of piperidine rings is 1. The normalized spacial score (nSPS) is 25.8. The Morgan fingerprint density at radius 1 is 1.13 bits per heavy atom. The van der Waals surface area contributed by atoms with Crippen LogP contribution < -0.4 is 10.6 Å². The van der Waals surface area contributed by atoms with E-state index in [-0.39, 0.29) is 11.1 Å². The van der Waals surface area contributed by atoms with E-state index in [4.69, 9.17) is 0 Å². The van der Waals surface area contributed by atoms with Crippen molar-refractivity contribution in [2.75, 3.05) is 6.54 Å². The highest BCUT2D eigenvalue weighted by Crippen LogP contribution is 2.28. The van der Waals surface area contributed by atoms with Crippen molar-refractivity contribution in [3.63, 3.8) is 0 Å². The molecule has 90 valence electrons. The van der Waals surface area contributed by atoms with Crippen molar-refractivity contribution in [2.45, 2.75) is 71.5 Å². The Bertz CT molecular complexity index is 191. The third-order valence-corrected chi connectivity index (χ3v) is 3.00. The summed E-state index contributed by atoms with van der Waals surface area (Å²) in [5.41, 5.74) is 0.521. The summed E-state index contributed by atoms with van der Waals surface area (Å²) < 4.78 is 0. The van der Waals surface area contributed by atoms with Gasteiger partial charge in [-0.05, 0) is 53.0 Å². The Morgan fingerprint density at radius 2 is 1.60 bits per heavy atom. The topological polar surface area (TPSA) is 24.1 Å². The van der Waals surface area contributed by atoms with E-state index in [9.17, 15) is 0 Å². The van der Waals surface area contributed by atoms with Crippen molar-refractivity contribution in [1.82, 2.24) is 10.6 Å². The van der Waals surface area contributed by atoms with Gasteiger partial charge in [0.15, 0.2) is 0 Å². The van der Waals surface area contributed by atoms with Crippen molar-refractivity contribution in [3.05, 3.63) is 0 Å². The van der Waals surface area contributed by atoms with Crippen LogP contribution in [0.1, 0.15) is 54.4 Å². The Labute approximate surface area is 95.2 Å². The van der Waals surface area contributed by atoms with Crippen LogP contribution in [0, 0.1) is 5.92 Å². The Kier molecular flexibility index (Phi) is 3.83. The lowest BCUT2D eigenvalue weighted by molar-refractivity contribution is 0.144. The molecular weight excluding hydrogens is 184 g/mol. The number of hydrogen-bond acceptors (Lipinski definition) is 2. The van der Waals surface area contributed by atoms with Gasteiger partial charge < -0.3 is 10.6 Å². The number of nitrogens with one attached hydrogen (secondary N) is 2. The lowest BCUT2D eigenvalue weighted by Gasteiger charge is -2.47. The molecule has 0 saturated carbocycles. The Morgan fingerprint density at radius 3 is 2.00 bits per heavy atom. The highest BCUT2D eigenvalue weighted by atomic mass is 15.1. The first-order valence-corrected chi connectivity index (χ1v) is 6.23. The first kappa shape index (κ1) is 13.0. The summed E-state index contributed by atoms with van der Waals surface area (Å²) in [6.45, 7) is 14.9. The molecule has 0 bridgehead atoms. The molecule has 1 fully saturated rings. The van der Waals surface area contributed by atoms with Crippen LogP contribution in [0.3, 0.4) is 0 Å². The van der Waals surface area contributed by atoms with E-state index in [1.54, 1.807) is 0 Å². The molecule has 0 spiro atoms. The molecule has 0 unspecified atom stereocenters. The van der Waals surface area contributed by atoms with E-state index in [2.05, 4.69) is 52.2 Å². The third-order valence-electron chi connectivity index (χ3n) is 3.00. The molecule has 1 aliphatic rings. The van der Waals surface area contributed by atoms with Gasteiger partial charge in [0.2, 0.25) is 0 Å². The van der Waals surface area contributed by atoms with E-state index < -0.39 is 0 Å². The molecule has 2 heteroatoms. The van der Waals surface area contributed by atoms with Gasteiger partial charge in [0.05, 0.1) is 0 Å². The Balaban J connectivity index is 2.52. The minimum atomic E-state index is 0.260. The first-order valence-electron chi connectivity index (χ1n) is 6.23. The average Bonchev–Trinajstić information content (AvgIpc) is 1.94. The Hall–Kier alpha value is -0.0800. The molecule has 0 aromatic heterocycles. The molecule has 0 aliphatic carbocycles. The molecule has 1 saturated heterocycles. The van der Waals surface area contributed by atoms with E-state index >= 15 is 0 Å². The lowest BCUT2D eigenvalue weighted by Crippen LogP contribution is -2.61. The van der Waals surface area contributed by atoms with Crippen LogP contribution in [0.4, 0.5) is 0 Å². The zero-order chi connectivity index (χ0) is 11.7. The molecule has 0 amide bonds. The van der Waals surface area contributed by atoms with E-state index in [1.165, 1.54) is 12.8 Å². The maximum absolute atomic E-state index is 3.71. The van der Waals surface area contributed by atoms with Crippen LogP contribution in [0.25, 0.3) is 0 Å². The second kappa shape index (κ2) is 4.42. The van der Waals surface area contributed by atoms with E-state index in [0.29, 0.717) is 6.04 Å². The second-order valence-corrected chi connectivity index (χ2v) is 6.80. The largest absolute Gasteiger partial charge is 0.314 e. The fourth-order valence-electron chi connectivity index (χ4n) is 2.87. The molecule has 0 radical (unpaired) electrons. The van der Waals surface area contributed by atoms with Gasteiger partial charge in [0, 0.05) is 17.1 Å². The maximum atomic E-state index is 3.71. The van der Waals surface area contributed by atoms with Crippen molar-refractivity contribution >= 4 is 0 Å². The molecule has 2 N–H and O–H groups in total. The predicted octanol–water partition coefficient (Wildman–Crippen LogP) is 2.54. The molecule has 2 nitrogen and oxygen atoms in total. The smallest absolute Gasteiger partial charge is 0.0144 e. The summed E-state index contributed by atoms with van der Waals surface area (Å²) in [6, 6.07) is 0.665. The van der Waals surface area contributed by atoms with Crippen LogP contribution in [0.2, 0.25) is 0 Å². The van der Waals surface area contributed by atoms with Gasteiger partial charge in [-0.15, -0.1) is 0 Å². The standard InChI is InChI=1S/C13H28N2/c1-10(2)9-14-11-7-12(3,4)15-13(5,6)8-11/h10-11,14-15H,7-9H2,1-6H3. The average molecular weight is 212 g/mol. The summed E-state index contributed by atoms with van der Waals surface area (Å²) in [6.07, 6.45) is 2.45. The van der Waals surface area contributed by atoms with Crippen molar-refractivity contribution in [3.8, 4) is 0 Å². The van der Waals surface area contributed by atoms with Crippen LogP contribution in [0.15, 0.2) is 0 Å². The van der Waals surface area contributed by atoms with Crippen molar-refractivity contribution in [1.29, 1.82) is 0 Å². The minimum absolute atomic E-state index is 0.260. The molecule has 0 atom stereocenters. The predicted molar refractivity (Wildman–Crippen MR) is 67.2 cm³/mol. The zero-order valence-electron chi connectivity index (χ0n) is 11.3. The molecule has 0 aromatic carbocycles. The van der Waals surface area contributed by atoms with Gasteiger partial charge in [-0.25, -0.2) is 0 Å². The minimum Gasteiger partial charge on any atom is -0.314 e. The summed E-state index contributed by atoms with van der Waals surface area (Å²) in [4.78, 5) is 0. The highest BCUT2D eigenvalue weighted by Gasteiger charge is 2.37. The van der Waals surface area contributed by atoms with Gasteiger partial charge in [0.25, 0.3) is 0 Å². The van der Waals surface area contributed by atoms with Gasteiger partial charge in [-0.1, -0.05) is 13.8 Å². The third kappa shape index (κ3) is 4.52. The fourth-order valence-corrected chi connectivity index (χ4v) is 2.87. The molecule has 1 heterocycles. The zero-order valence-corrected chi connectivity index (χ0v) is 11.3. The molecule has 1 aliphatic heterocycles. The van der Waals surface area contributed by atoms with Crippen LogP contribution >= 0.6 is 0 Å². The van der Waals surface area contributed by atoms with E-state index in [1.807, 2.05) is 0 Å². The lowest BCUT2D eigenvalue weighted by atomic mass is 9.79. The van der Waals surface area contributed by atoms with Gasteiger partial charge in [0.1, 0.15) is 0 Å².